The normalized spacial score (nSPS) is 19.5. The summed E-state index contributed by atoms with van der Waals surface area (Å²) in [6.07, 6.45) is 2.17. The van der Waals surface area contributed by atoms with Crippen LogP contribution in [0.2, 0.25) is 0 Å². The van der Waals surface area contributed by atoms with Crippen LogP contribution in [0.5, 0.6) is 0 Å². The lowest BCUT2D eigenvalue weighted by molar-refractivity contribution is -0.133. The molecule has 2 heterocycles. The van der Waals surface area contributed by atoms with Crippen LogP contribution in [0.25, 0.3) is 0 Å². The molecule has 1 N–H and O–H groups in total. The highest BCUT2D eigenvalue weighted by Crippen LogP contribution is 2.16. The molecule has 1 fully saturated rings. The number of nitrogens with zero attached hydrogens (tertiary/aromatic N) is 4. The molecule has 0 bridgehead atoms. The summed E-state index contributed by atoms with van der Waals surface area (Å²) in [7, 11) is 0. The van der Waals surface area contributed by atoms with Gasteiger partial charge in [-0.25, -0.2) is 9.48 Å². The van der Waals surface area contributed by atoms with Crippen molar-refractivity contribution >= 4 is 11.9 Å². The molecule has 1 unspecified atom stereocenters. The topological polar surface area (TPSA) is 88.3 Å². The molecule has 0 aliphatic carbocycles. The average molecular weight is 266 g/mol. The van der Waals surface area contributed by atoms with Crippen LogP contribution in [0.1, 0.15) is 35.9 Å². The van der Waals surface area contributed by atoms with Crippen molar-refractivity contribution < 1.29 is 14.7 Å². The van der Waals surface area contributed by atoms with Gasteiger partial charge in [0.05, 0.1) is 5.69 Å². The van der Waals surface area contributed by atoms with Gasteiger partial charge in [0.25, 0.3) is 0 Å². The van der Waals surface area contributed by atoms with Crippen LogP contribution in [0.15, 0.2) is 0 Å². The molecule has 1 aliphatic rings. The molecule has 1 aliphatic heterocycles. The number of aromatic nitrogens is 3. The van der Waals surface area contributed by atoms with E-state index < -0.39 is 5.97 Å². The first-order valence-electron chi connectivity index (χ1n) is 6.40. The zero-order valence-corrected chi connectivity index (χ0v) is 11.2. The molecule has 0 spiro atoms. The van der Waals surface area contributed by atoms with E-state index in [1.807, 2.05) is 4.90 Å². The lowest BCUT2D eigenvalue weighted by Gasteiger charge is -2.30. The first-order valence-corrected chi connectivity index (χ1v) is 6.40. The standard InChI is InChI=1S/C12H18N4O3/c1-8-4-3-5-15(6-8)10(17)7-16-9(2)11(12(18)19)13-14-16/h8H,3-7H2,1-2H3,(H,18,19). The summed E-state index contributed by atoms with van der Waals surface area (Å²) in [5.74, 6) is -0.636. The van der Waals surface area contributed by atoms with Gasteiger partial charge in [-0.1, -0.05) is 12.1 Å². The van der Waals surface area contributed by atoms with Crippen molar-refractivity contribution in [3.8, 4) is 0 Å². The van der Waals surface area contributed by atoms with E-state index >= 15 is 0 Å². The minimum atomic E-state index is -1.12. The number of carboxylic acid groups (broad SMARTS) is 1. The van der Waals surface area contributed by atoms with E-state index in [2.05, 4.69) is 17.2 Å². The van der Waals surface area contributed by atoms with Crippen LogP contribution in [-0.4, -0.2) is 50.0 Å². The van der Waals surface area contributed by atoms with E-state index in [9.17, 15) is 9.59 Å². The van der Waals surface area contributed by atoms with Crippen LogP contribution in [0, 0.1) is 12.8 Å². The fourth-order valence-corrected chi connectivity index (χ4v) is 2.35. The van der Waals surface area contributed by atoms with Crippen molar-refractivity contribution in [3.63, 3.8) is 0 Å². The Balaban J connectivity index is 2.04. The highest BCUT2D eigenvalue weighted by molar-refractivity contribution is 5.86. The van der Waals surface area contributed by atoms with E-state index in [1.165, 1.54) is 4.68 Å². The van der Waals surface area contributed by atoms with Gasteiger partial charge < -0.3 is 10.0 Å². The Kier molecular flexibility index (Phi) is 3.82. The van der Waals surface area contributed by atoms with Gasteiger partial charge in [-0.15, -0.1) is 5.10 Å². The molecular formula is C12H18N4O3. The molecule has 0 aromatic carbocycles. The third-order valence-electron chi connectivity index (χ3n) is 3.48. The van der Waals surface area contributed by atoms with E-state index in [1.54, 1.807) is 6.92 Å². The molecule has 1 aromatic heterocycles. The maximum absolute atomic E-state index is 12.1. The van der Waals surface area contributed by atoms with Crippen molar-refractivity contribution in [1.29, 1.82) is 0 Å². The summed E-state index contributed by atoms with van der Waals surface area (Å²) in [5, 5.41) is 16.2. The zero-order valence-electron chi connectivity index (χ0n) is 11.2. The molecule has 1 atom stereocenters. The predicted octanol–water partition coefficient (Wildman–Crippen LogP) is 0.543. The van der Waals surface area contributed by atoms with Crippen molar-refractivity contribution in [2.75, 3.05) is 13.1 Å². The fourth-order valence-electron chi connectivity index (χ4n) is 2.35. The Labute approximate surface area is 111 Å². The first kappa shape index (κ1) is 13.5. The quantitative estimate of drug-likeness (QED) is 0.862. The lowest BCUT2D eigenvalue weighted by Crippen LogP contribution is -2.41. The molecule has 1 amide bonds. The molecule has 0 radical (unpaired) electrons. The highest BCUT2D eigenvalue weighted by atomic mass is 16.4. The van der Waals surface area contributed by atoms with Crippen LogP contribution in [0.4, 0.5) is 0 Å². The molecule has 7 nitrogen and oxygen atoms in total. The summed E-state index contributed by atoms with van der Waals surface area (Å²) in [4.78, 5) is 24.8. The average Bonchev–Trinajstić information content (AvgIpc) is 2.71. The number of amides is 1. The summed E-state index contributed by atoms with van der Waals surface area (Å²) in [6, 6.07) is 0. The maximum Gasteiger partial charge on any atom is 0.358 e. The van der Waals surface area contributed by atoms with E-state index in [-0.39, 0.29) is 18.1 Å². The molecule has 1 saturated heterocycles. The Morgan fingerprint density at radius 3 is 2.79 bits per heavy atom. The minimum Gasteiger partial charge on any atom is -0.476 e. The summed E-state index contributed by atoms with van der Waals surface area (Å²) in [6.45, 7) is 5.32. The monoisotopic (exact) mass is 266 g/mol. The summed E-state index contributed by atoms with van der Waals surface area (Å²) < 4.78 is 1.35. The molecule has 1 aromatic rings. The van der Waals surface area contributed by atoms with Gasteiger partial charge in [0.15, 0.2) is 5.69 Å². The number of rotatable bonds is 3. The van der Waals surface area contributed by atoms with Crippen LogP contribution < -0.4 is 0 Å². The Morgan fingerprint density at radius 2 is 2.21 bits per heavy atom. The molecule has 19 heavy (non-hydrogen) atoms. The fraction of sp³-hybridized carbons (Fsp3) is 0.667. The number of piperidine rings is 1. The first-order chi connectivity index (χ1) is 8.99. The van der Waals surface area contributed by atoms with E-state index in [0.29, 0.717) is 11.6 Å². The molecule has 2 rings (SSSR count). The van der Waals surface area contributed by atoms with Gasteiger partial charge in [-0.2, -0.15) is 0 Å². The van der Waals surface area contributed by atoms with Gasteiger partial charge in [-0.05, 0) is 25.7 Å². The smallest absolute Gasteiger partial charge is 0.358 e. The van der Waals surface area contributed by atoms with Crippen molar-refractivity contribution in [3.05, 3.63) is 11.4 Å². The van der Waals surface area contributed by atoms with Crippen LogP contribution >= 0.6 is 0 Å². The van der Waals surface area contributed by atoms with Gasteiger partial charge in [-0.3, -0.25) is 4.79 Å². The van der Waals surface area contributed by atoms with Crippen molar-refractivity contribution in [2.45, 2.75) is 33.2 Å². The molecule has 0 saturated carbocycles. The van der Waals surface area contributed by atoms with Crippen LogP contribution in [0.3, 0.4) is 0 Å². The van der Waals surface area contributed by atoms with Crippen molar-refractivity contribution in [2.24, 2.45) is 5.92 Å². The Morgan fingerprint density at radius 1 is 1.47 bits per heavy atom. The van der Waals surface area contributed by atoms with Gasteiger partial charge in [0.2, 0.25) is 5.91 Å². The van der Waals surface area contributed by atoms with Gasteiger partial charge >= 0.3 is 5.97 Å². The van der Waals surface area contributed by atoms with Gasteiger partial charge in [0.1, 0.15) is 6.54 Å². The second-order valence-corrected chi connectivity index (χ2v) is 5.07. The van der Waals surface area contributed by atoms with Crippen LogP contribution in [-0.2, 0) is 11.3 Å². The SMILES string of the molecule is Cc1c(C(=O)O)nnn1CC(=O)N1CCCC(C)C1. The Hall–Kier alpha value is -1.92. The highest BCUT2D eigenvalue weighted by Gasteiger charge is 2.23. The predicted molar refractivity (Wildman–Crippen MR) is 66.7 cm³/mol. The Bertz CT molecular complexity index is 497. The molecule has 104 valence electrons. The zero-order chi connectivity index (χ0) is 14.0. The second-order valence-electron chi connectivity index (χ2n) is 5.07. The number of carbonyl (C=O) groups excluding carboxylic acids is 1. The largest absolute Gasteiger partial charge is 0.476 e. The van der Waals surface area contributed by atoms with Gasteiger partial charge in [0, 0.05) is 13.1 Å². The number of carboxylic acids is 1. The summed E-state index contributed by atoms with van der Waals surface area (Å²) in [5.41, 5.74) is 0.311. The molecule has 7 heteroatoms. The van der Waals surface area contributed by atoms with E-state index in [4.69, 9.17) is 5.11 Å². The lowest BCUT2D eigenvalue weighted by atomic mass is 10.0. The second kappa shape index (κ2) is 5.38. The summed E-state index contributed by atoms with van der Waals surface area (Å²) >= 11 is 0. The number of hydrogen-bond acceptors (Lipinski definition) is 4. The number of hydrogen-bond donors (Lipinski definition) is 1. The number of aromatic carboxylic acids is 1. The number of likely N-dealkylation sites (tertiary alicyclic amines) is 1. The third-order valence-corrected chi connectivity index (χ3v) is 3.48. The van der Waals surface area contributed by atoms with E-state index in [0.717, 1.165) is 25.9 Å². The number of carbonyl (C=O) groups is 2. The third kappa shape index (κ3) is 2.91. The molecular weight excluding hydrogens is 248 g/mol. The maximum atomic E-state index is 12.1. The minimum absolute atomic E-state index is 0.0310. The van der Waals surface area contributed by atoms with Crippen molar-refractivity contribution in [1.82, 2.24) is 19.9 Å².